The maximum absolute atomic E-state index is 13.1. The molecule has 0 aliphatic heterocycles. The summed E-state index contributed by atoms with van der Waals surface area (Å²) in [4.78, 5) is 12.7. The number of nitrogens with zero attached hydrogens (tertiary/aromatic N) is 2. The van der Waals surface area contributed by atoms with Crippen LogP contribution in [0.2, 0.25) is 5.02 Å². The summed E-state index contributed by atoms with van der Waals surface area (Å²) in [5.41, 5.74) is 3.06. The summed E-state index contributed by atoms with van der Waals surface area (Å²) in [6.45, 7) is 3.62. The molecule has 0 atom stereocenters. The van der Waals surface area contributed by atoms with Crippen molar-refractivity contribution in [2.24, 2.45) is 0 Å². The van der Waals surface area contributed by atoms with Gasteiger partial charge >= 0.3 is 0 Å². The quantitative estimate of drug-likeness (QED) is 0.730. The average Bonchev–Trinajstić information content (AvgIpc) is 3.00. The molecule has 0 radical (unpaired) electrons. The third-order valence-electron chi connectivity index (χ3n) is 4.05. The number of benzene rings is 2. The fourth-order valence-electron chi connectivity index (χ4n) is 2.59. The molecule has 3 aromatic rings. The molecular formula is C19H17ClFN3O2. The van der Waals surface area contributed by atoms with E-state index in [2.05, 4.69) is 10.4 Å². The molecule has 0 bridgehead atoms. The smallest absolute Gasteiger partial charge is 0.259 e. The molecule has 1 heterocycles. The molecule has 0 saturated carbocycles. The first kappa shape index (κ1) is 17.9. The van der Waals surface area contributed by atoms with Gasteiger partial charge in [-0.2, -0.15) is 5.10 Å². The third kappa shape index (κ3) is 3.41. The van der Waals surface area contributed by atoms with Gasteiger partial charge in [0.2, 0.25) is 0 Å². The first-order valence-corrected chi connectivity index (χ1v) is 8.24. The first-order chi connectivity index (χ1) is 12.4. The van der Waals surface area contributed by atoms with Crippen molar-refractivity contribution < 1.29 is 13.9 Å². The van der Waals surface area contributed by atoms with Gasteiger partial charge in [0.1, 0.15) is 11.6 Å². The zero-order valence-corrected chi connectivity index (χ0v) is 15.3. The normalized spacial score (nSPS) is 10.7. The summed E-state index contributed by atoms with van der Waals surface area (Å²) in [7, 11) is 1.51. The van der Waals surface area contributed by atoms with E-state index in [0.717, 1.165) is 5.56 Å². The van der Waals surface area contributed by atoms with Gasteiger partial charge in [-0.05, 0) is 49.7 Å². The number of ether oxygens (including phenoxy) is 1. The van der Waals surface area contributed by atoms with E-state index in [0.29, 0.717) is 33.4 Å². The number of methoxy groups -OCH3 is 1. The summed E-state index contributed by atoms with van der Waals surface area (Å²) in [6, 6.07) is 9.29. The van der Waals surface area contributed by atoms with E-state index in [1.54, 1.807) is 35.9 Å². The molecule has 0 saturated heterocycles. The van der Waals surface area contributed by atoms with E-state index in [1.807, 2.05) is 6.92 Å². The van der Waals surface area contributed by atoms with E-state index >= 15 is 0 Å². The highest BCUT2D eigenvalue weighted by Gasteiger charge is 2.17. The maximum Gasteiger partial charge on any atom is 0.259 e. The lowest BCUT2D eigenvalue weighted by atomic mass is 10.2. The van der Waals surface area contributed by atoms with Gasteiger partial charge in [-0.3, -0.25) is 4.79 Å². The van der Waals surface area contributed by atoms with Gasteiger partial charge in [-0.25, -0.2) is 9.07 Å². The van der Waals surface area contributed by atoms with Crippen LogP contribution in [0.5, 0.6) is 5.75 Å². The van der Waals surface area contributed by atoms with Gasteiger partial charge in [-0.1, -0.05) is 11.6 Å². The minimum absolute atomic E-state index is 0.323. The third-order valence-corrected chi connectivity index (χ3v) is 4.46. The van der Waals surface area contributed by atoms with Gasteiger partial charge in [0.15, 0.2) is 0 Å². The van der Waals surface area contributed by atoms with Crippen molar-refractivity contribution in [3.63, 3.8) is 0 Å². The van der Waals surface area contributed by atoms with E-state index in [9.17, 15) is 9.18 Å². The second-order valence-corrected chi connectivity index (χ2v) is 6.19. The maximum atomic E-state index is 13.1. The van der Waals surface area contributed by atoms with Crippen LogP contribution >= 0.6 is 11.6 Å². The van der Waals surface area contributed by atoms with Crippen molar-refractivity contribution in [1.82, 2.24) is 9.78 Å². The lowest BCUT2D eigenvalue weighted by Crippen LogP contribution is -2.14. The molecule has 26 heavy (non-hydrogen) atoms. The Labute approximate surface area is 155 Å². The zero-order chi connectivity index (χ0) is 18.8. The van der Waals surface area contributed by atoms with Gasteiger partial charge < -0.3 is 10.1 Å². The van der Waals surface area contributed by atoms with Crippen molar-refractivity contribution >= 4 is 23.2 Å². The number of hydrogen-bond donors (Lipinski definition) is 1. The number of aromatic nitrogens is 2. The Kier molecular flexibility index (Phi) is 4.95. The Hall–Kier alpha value is -2.86. The minimum atomic E-state index is -0.332. The molecule has 2 aromatic carbocycles. The van der Waals surface area contributed by atoms with Crippen molar-refractivity contribution in [2.75, 3.05) is 12.4 Å². The average molecular weight is 374 g/mol. The Morgan fingerprint density at radius 3 is 2.58 bits per heavy atom. The Morgan fingerprint density at radius 1 is 1.23 bits per heavy atom. The number of rotatable bonds is 4. The molecule has 134 valence electrons. The SMILES string of the molecule is COc1cc(Cl)c(C)cc1NC(=O)c1cnn(-c2ccc(F)cc2)c1C. The lowest BCUT2D eigenvalue weighted by molar-refractivity contribution is 0.102. The van der Waals surface area contributed by atoms with Crippen LogP contribution in [0.25, 0.3) is 5.69 Å². The van der Waals surface area contributed by atoms with Gasteiger partial charge in [0.05, 0.1) is 35.9 Å². The number of carbonyl (C=O) groups excluding carboxylic acids is 1. The molecule has 7 heteroatoms. The second-order valence-electron chi connectivity index (χ2n) is 5.79. The van der Waals surface area contributed by atoms with Gasteiger partial charge in [0, 0.05) is 11.1 Å². The Balaban J connectivity index is 1.90. The van der Waals surface area contributed by atoms with Gasteiger partial charge in [0.25, 0.3) is 5.91 Å². The summed E-state index contributed by atoms with van der Waals surface area (Å²) in [5.74, 6) is -0.185. The van der Waals surface area contributed by atoms with Crippen LogP contribution in [-0.4, -0.2) is 22.8 Å². The molecular weight excluding hydrogens is 357 g/mol. The van der Waals surface area contributed by atoms with E-state index < -0.39 is 0 Å². The number of hydrogen-bond acceptors (Lipinski definition) is 3. The zero-order valence-electron chi connectivity index (χ0n) is 14.5. The molecule has 0 fully saturated rings. The largest absolute Gasteiger partial charge is 0.495 e. The predicted molar refractivity (Wildman–Crippen MR) is 99.0 cm³/mol. The van der Waals surface area contributed by atoms with Crippen molar-refractivity contribution in [3.8, 4) is 11.4 Å². The highest BCUT2D eigenvalue weighted by Crippen LogP contribution is 2.31. The van der Waals surface area contributed by atoms with Crippen LogP contribution in [0.1, 0.15) is 21.6 Å². The number of halogens is 2. The summed E-state index contributed by atoms with van der Waals surface area (Å²) < 4.78 is 20.0. The molecule has 5 nitrogen and oxygen atoms in total. The topological polar surface area (TPSA) is 56.1 Å². The molecule has 0 aliphatic rings. The highest BCUT2D eigenvalue weighted by atomic mass is 35.5. The molecule has 0 unspecified atom stereocenters. The molecule has 1 aromatic heterocycles. The van der Waals surface area contributed by atoms with Crippen LogP contribution in [-0.2, 0) is 0 Å². The fourth-order valence-corrected chi connectivity index (χ4v) is 2.75. The van der Waals surface area contributed by atoms with Crippen molar-refractivity contribution in [2.45, 2.75) is 13.8 Å². The molecule has 1 amide bonds. The van der Waals surface area contributed by atoms with Crippen LogP contribution in [0, 0.1) is 19.7 Å². The second kappa shape index (κ2) is 7.17. The molecule has 3 rings (SSSR count). The molecule has 0 spiro atoms. The van der Waals surface area contributed by atoms with Crippen LogP contribution in [0.3, 0.4) is 0 Å². The minimum Gasteiger partial charge on any atom is -0.495 e. The van der Waals surface area contributed by atoms with Gasteiger partial charge in [-0.15, -0.1) is 0 Å². The Morgan fingerprint density at radius 2 is 1.92 bits per heavy atom. The number of carbonyl (C=O) groups is 1. The number of aryl methyl sites for hydroxylation is 1. The highest BCUT2D eigenvalue weighted by molar-refractivity contribution is 6.31. The summed E-state index contributed by atoms with van der Waals surface area (Å²) in [5, 5.41) is 7.61. The van der Waals surface area contributed by atoms with Crippen LogP contribution < -0.4 is 10.1 Å². The number of amides is 1. The summed E-state index contributed by atoms with van der Waals surface area (Å²) in [6.07, 6.45) is 1.48. The van der Waals surface area contributed by atoms with Crippen molar-refractivity contribution in [1.29, 1.82) is 0 Å². The first-order valence-electron chi connectivity index (χ1n) is 7.86. The monoisotopic (exact) mass is 373 g/mol. The standard InChI is InChI=1S/C19H17ClFN3O2/c1-11-8-17(18(26-3)9-16(11)20)23-19(25)15-10-22-24(12(15)2)14-6-4-13(21)5-7-14/h4-10H,1-3H3,(H,23,25). The number of nitrogens with one attached hydrogen (secondary N) is 1. The van der Waals surface area contributed by atoms with E-state index in [4.69, 9.17) is 16.3 Å². The van der Waals surface area contributed by atoms with Crippen LogP contribution in [0.4, 0.5) is 10.1 Å². The predicted octanol–water partition coefficient (Wildman–Crippen LogP) is 4.54. The van der Waals surface area contributed by atoms with E-state index in [-0.39, 0.29) is 11.7 Å². The molecule has 1 N–H and O–H groups in total. The van der Waals surface area contributed by atoms with E-state index in [1.165, 1.54) is 25.4 Å². The number of anilines is 1. The Bertz CT molecular complexity index is 968. The fraction of sp³-hybridized carbons (Fsp3) is 0.158. The lowest BCUT2D eigenvalue weighted by Gasteiger charge is -2.12. The molecule has 0 aliphatic carbocycles. The van der Waals surface area contributed by atoms with Crippen LogP contribution in [0.15, 0.2) is 42.6 Å². The summed E-state index contributed by atoms with van der Waals surface area (Å²) >= 11 is 6.09. The van der Waals surface area contributed by atoms with Crippen molar-refractivity contribution in [3.05, 3.63) is 70.3 Å².